The summed E-state index contributed by atoms with van der Waals surface area (Å²) < 4.78 is 115. The lowest BCUT2D eigenvalue weighted by molar-refractivity contribution is 0.211. The minimum absolute atomic E-state index is 0.0499. The Hall–Kier alpha value is -2.54. The van der Waals surface area contributed by atoms with Gasteiger partial charge in [-0.3, -0.25) is 9.36 Å². The molecule has 0 saturated carbocycles. The molecule has 2 aromatic heterocycles. The third-order valence-electron chi connectivity index (χ3n) is 5.28. The minimum atomic E-state index is -3.37. The largest absolute Gasteiger partial charge is 0.356 e. The Bertz CT molecular complexity index is 1620. The summed E-state index contributed by atoms with van der Waals surface area (Å²) in [6.45, 7) is -5.72. The van der Waals surface area contributed by atoms with E-state index in [0.717, 1.165) is 12.5 Å². The van der Waals surface area contributed by atoms with Gasteiger partial charge in [-0.2, -0.15) is 0 Å². The number of piperidine rings is 1. The van der Waals surface area contributed by atoms with Crippen LogP contribution < -0.4 is 5.56 Å². The van der Waals surface area contributed by atoms with Crippen LogP contribution in [0, 0.1) is 12.7 Å². The van der Waals surface area contributed by atoms with Crippen molar-refractivity contribution in [3.63, 3.8) is 0 Å². The Labute approximate surface area is 190 Å². The molecule has 1 fully saturated rings. The first-order valence-corrected chi connectivity index (χ1v) is 9.76. The zero-order valence-electron chi connectivity index (χ0n) is 27.3. The molecule has 1 unspecified atom stereocenters. The van der Waals surface area contributed by atoms with E-state index in [1.54, 1.807) is 0 Å². The van der Waals surface area contributed by atoms with Crippen molar-refractivity contribution in [1.82, 2.24) is 19.6 Å². The van der Waals surface area contributed by atoms with Gasteiger partial charge in [-0.05, 0) is 64.1 Å². The normalized spacial score (nSPS) is 32.0. The van der Waals surface area contributed by atoms with Crippen LogP contribution in [0.4, 0.5) is 4.39 Å². The molecule has 0 amide bonds. The predicted molar refractivity (Wildman–Crippen MR) is 112 cm³/mol. The summed E-state index contributed by atoms with van der Waals surface area (Å²) in [7, 11) is 0. The number of nitrogens with zero attached hydrogens (tertiary/aromatic N) is 4. The summed E-state index contributed by atoms with van der Waals surface area (Å²) in [5, 5.41) is 3.43. The molecule has 158 valence electrons. The van der Waals surface area contributed by atoms with Gasteiger partial charge in [0.25, 0.3) is 5.56 Å². The third-order valence-corrected chi connectivity index (χ3v) is 5.28. The summed E-state index contributed by atoms with van der Waals surface area (Å²) in [6.07, 6.45) is -5.15. The van der Waals surface area contributed by atoms with Gasteiger partial charge in [0, 0.05) is 60.4 Å². The SMILES string of the molecule is [2H]c1cc2c(C3([2H])CCN(C([2H])([2H])C([2H])([2H])c4c(C)nc5n(c4=O)CCCC5)C([2H])([2H])C3([2H])[2H])noc2c([2H])c1F. The van der Waals surface area contributed by atoms with Gasteiger partial charge >= 0.3 is 0 Å². The molecule has 2 aliphatic rings. The molecule has 0 bridgehead atoms. The van der Waals surface area contributed by atoms with Crippen LogP contribution in [-0.2, 0) is 19.3 Å². The zero-order chi connectivity index (χ0) is 30.5. The van der Waals surface area contributed by atoms with Gasteiger partial charge in [0.05, 0.1) is 8.44 Å². The highest BCUT2D eigenvalue weighted by atomic mass is 19.1. The molecule has 0 spiro atoms. The minimum Gasteiger partial charge on any atom is -0.356 e. The van der Waals surface area contributed by atoms with E-state index in [2.05, 4.69) is 10.1 Å². The van der Waals surface area contributed by atoms with Crippen molar-refractivity contribution in [2.45, 2.75) is 57.8 Å². The molecule has 0 aliphatic carbocycles. The van der Waals surface area contributed by atoms with Crippen LogP contribution >= 0.6 is 0 Å². The standard InChI is InChI=1S/C23H27FN4O2/c1-15-18(23(29)28-10-3-2-4-21(28)25-15)9-13-27-11-7-16(8-12-27)22-19-6-5-17(24)14-20(19)30-26-22/h5-6,14,16H,2-4,7-13H2,1H3/i5D,7D2,9D2,11D2,13D2,14D,16D. The van der Waals surface area contributed by atoms with Crippen LogP contribution in [0.25, 0.3) is 11.0 Å². The number of halogens is 1. The summed E-state index contributed by atoms with van der Waals surface area (Å²) in [5.74, 6) is -3.35. The van der Waals surface area contributed by atoms with Crippen molar-refractivity contribution in [2.24, 2.45) is 0 Å². The second-order valence-electron chi connectivity index (χ2n) is 7.26. The Morgan fingerprint density at radius 2 is 2.37 bits per heavy atom. The average molecular weight is 422 g/mol. The summed E-state index contributed by atoms with van der Waals surface area (Å²) in [5.41, 5.74) is -2.38. The molecule has 1 atom stereocenters. The molecule has 1 saturated heterocycles. The monoisotopic (exact) mass is 421 g/mol. The molecule has 1 aromatic carbocycles. The zero-order valence-corrected chi connectivity index (χ0v) is 16.3. The van der Waals surface area contributed by atoms with Crippen LogP contribution in [0.1, 0.15) is 69.4 Å². The summed E-state index contributed by atoms with van der Waals surface area (Å²) in [6, 6.07) is -0.665. The molecule has 0 radical (unpaired) electrons. The van der Waals surface area contributed by atoms with E-state index in [9.17, 15) is 9.18 Å². The maximum absolute atomic E-state index is 14.1. The number of aryl methyl sites for hydroxylation is 2. The number of benzene rings is 1. The van der Waals surface area contributed by atoms with Crippen molar-refractivity contribution >= 4 is 11.0 Å². The summed E-state index contributed by atoms with van der Waals surface area (Å²) >= 11 is 0. The highest BCUT2D eigenvalue weighted by molar-refractivity contribution is 5.79. The second kappa shape index (κ2) is 7.95. The van der Waals surface area contributed by atoms with Crippen molar-refractivity contribution in [1.29, 1.82) is 0 Å². The van der Waals surface area contributed by atoms with Crippen LogP contribution in [0.2, 0.25) is 0 Å². The Balaban J connectivity index is 1.60. The van der Waals surface area contributed by atoms with Crippen LogP contribution in [0.15, 0.2) is 27.5 Å². The lowest BCUT2D eigenvalue weighted by Crippen LogP contribution is -2.37. The number of aromatic nitrogens is 3. The van der Waals surface area contributed by atoms with Gasteiger partial charge in [0.2, 0.25) is 0 Å². The molecular formula is C23H27FN4O2. The molecule has 0 N–H and O–H groups in total. The van der Waals surface area contributed by atoms with Gasteiger partial charge in [-0.1, -0.05) is 5.16 Å². The molecule has 3 aromatic rings. The maximum atomic E-state index is 14.1. The molecule has 6 nitrogen and oxygen atoms in total. The fourth-order valence-corrected chi connectivity index (χ4v) is 3.71. The van der Waals surface area contributed by atoms with E-state index in [-0.39, 0.29) is 17.6 Å². The number of hydrogen-bond acceptors (Lipinski definition) is 5. The quantitative estimate of drug-likeness (QED) is 0.644. The number of fused-ring (bicyclic) bond motifs is 2. The van der Waals surface area contributed by atoms with E-state index in [1.807, 2.05) is 0 Å². The van der Waals surface area contributed by atoms with Gasteiger partial charge in [-0.25, -0.2) is 9.37 Å². The molecule has 7 heteroatoms. The van der Waals surface area contributed by atoms with E-state index in [0.29, 0.717) is 23.6 Å². The lowest BCUT2D eigenvalue weighted by Gasteiger charge is -2.31. The summed E-state index contributed by atoms with van der Waals surface area (Å²) in [4.78, 5) is 18.1. The van der Waals surface area contributed by atoms with Gasteiger partial charge in [0.1, 0.15) is 11.6 Å². The number of hydrogen-bond donors (Lipinski definition) is 0. The van der Waals surface area contributed by atoms with E-state index in [1.165, 1.54) is 11.5 Å². The van der Waals surface area contributed by atoms with Crippen LogP contribution in [0.5, 0.6) is 0 Å². The van der Waals surface area contributed by atoms with E-state index >= 15 is 0 Å². The highest BCUT2D eigenvalue weighted by Gasteiger charge is 2.25. The van der Waals surface area contributed by atoms with Crippen LogP contribution in [0.3, 0.4) is 0 Å². The van der Waals surface area contributed by atoms with Crippen molar-refractivity contribution in [3.05, 3.63) is 57.1 Å². The first kappa shape index (κ1) is 10.7. The maximum Gasteiger partial charge on any atom is 0.256 e. The van der Waals surface area contributed by atoms with Gasteiger partial charge in [0.15, 0.2) is 5.58 Å². The molecule has 5 rings (SSSR count). The van der Waals surface area contributed by atoms with E-state index < -0.39 is 84.9 Å². The highest BCUT2D eigenvalue weighted by Crippen LogP contribution is 2.32. The first-order chi connectivity index (χ1) is 18.8. The second-order valence-corrected chi connectivity index (χ2v) is 7.26. The molecular weight excluding hydrogens is 383 g/mol. The Morgan fingerprint density at radius 3 is 3.27 bits per heavy atom. The fraction of sp³-hybridized carbons (Fsp3) is 0.522. The molecule has 2 aliphatic heterocycles. The Kier molecular flexibility index (Phi) is 2.82. The van der Waals surface area contributed by atoms with Gasteiger partial charge in [-0.15, -0.1) is 0 Å². The molecule has 4 heterocycles. The lowest BCUT2D eigenvalue weighted by atomic mass is 9.91. The first-order valence-electron chi connectivity index (χ1n) is 15.3. The number of rotatable bonds is 4. The number of likely N-dealkylation sites (tertiary alicyclic amines) is 1. The van der Waals surface area contributed by atoms with Crippen LogP contribution in [-0.4, -0.2) is 39.1 Å². The van der Waals surface area contributed by atoms with Gasteiger partial charge < -0.3 is 9.42 Å². The smallest absolute Gasteiger partial charge is 0.256 e. The van der Waals surface area contributed by atoms with Crippen molar-refractivity contribution < 1.29 is 24.0 Å². The molecule has 30 heavy (non-hydrogen) atoms. The average Bonchev–Trinajstić information content (AvgIpc) is 3.30. The van der Waals surface area contributed by atoms with Crippen molar-refractivity contribution in [2.75, 3.05) is 19.5 Å². The van der Waals surface area contributed by atoms with Crippen molar-refractivity contribution in [3.8, 4) is 0 Å². The van der Waals surface area contributed by atoms with E-state index in [4.69, 9.17) is 19.6 Å². The topological polar surface area (TPSA) is 64.2 Å². The Morgan fingerprint density at radius 1 is 1.47 bits per heavy atom. The third kappa shape index (κ3) is 3.55. The predicted octanol–water partition coefficient (Wildman–Crippen LogP) is 3.59. The fourth-order valence-electron chi connectivity index (χ4n) is 3.71.